The largest absolute Gasteiger partial charge is 0.393 e. The summed E-state index contributed by atoms with van der Waals surface area (Å²) in [5, 5.41) is 12.0. The minimum Gasteiger partial charge on any atom is -0.393 e. The van der Waals surface area contributed by atoms with E-state index in [4.69, 9.17) is 0 Å². The molecule has 0 unspecified atom stereocenters. The number of nitrogens with one attached hydrogen (secondary N) is 1. The molecule has 0 saturated heterocycles. The molecule has 1 saturated carbocycles. The van der Waals surface area contributed by atoms with Gasteiger partial charge in [0.05, 0.1) is 17.1 Å². The molecule has 2 heterocycles. The molecule has 1 aromatic heterocycles. The summed E-state index contributed by atoms with van der Waals surface area (Å²) in [5.74, 6) is -0.692. The van der Waals surface area contributed by atoms with Gasteiger partial charge in [0, 0.05) is 12.4 Å². The summed E-state index contributed by atoms with van der Waals surface area (Å²) in [6.45, 7) is 0. The number of aliphatic hydroxyl groups is 1. The summed E-state index contributed by atoms with van der Waals surface area (Å²) in [6.07, 6.45) is 4.12. The molecule has 0 radical (unpaired) electrons. The van der Waals surface area contributed by atoms with E-state index >= 15 is 0 Å². The second-order valence-corrected chi connectivity index (χ2v) is 4.68. The molecule has 3 rings (SSSR count). The summed E-state index contributed by atoms with van der Waals surface area (Å²) < 4.78 is 0. The molecule has 17 heavy (non-hydrogen) atoms. The van der Waals surface area contributed by atoms with E-state index in [2.05, 4.69) is 10.3 Å². The lowest BCUT2D eigenvalue weighted by Crippen LogP contribution is -2.51. The number of hydrogen-bond donors (Lipinski definition) is 2. The van der Waals surface area contributed by atoms with E-state index in [9.17, 15) is 14.7 Å². The Kier molecular flexibility index (Phi) is 2.06. The number of aliphatic hydroxyl groups excluding tert-OH is 1. The van der Waals surface area contributed by atoms with E-state index in [0.29, 0.717) is 30.4 Å². The number of carbonyl (C=O) groups excluding carboxylic acids is 2. The first-order valence-electron chi connectivity index (χ1n) is 5.62. The standard InChI is InChI=1S/C12H12N2O3/c15-7-1-3-12(5-7)9-2-4-13-6-8(9)10(16)14-11(12)17/h2,4,6-7,15H,1,3,5H2,(H,14,16,17)/t7-,12-/m1/s1. The maximum atomic E-state index is 12.1. The summed E-state index contributed by atoms with van der Waals surface area (Å²) in [6, 6.07) is 1.71. The second kappa shape index (κ2) is 3.37. The maximum absolute atomic E-state index is 12.1. The molecule has 1 fully saturated rings. The number of aromatic nitrogens is 1. The van der Waals surface area contributed by atoms with Gasteiger partial charge in [0.1, 0.15) is 0 Å². The molecule has 88 valence electrons. The van der Waals surface area contributed by atoms with E-state index < -0.39 is 17.4 Å². The molecule has 0 aromatic carbocycles. The van der Waals surface area contributed by atoms with Gasteiger partial charge < -0.3 is 5.11 Å². The number of pyridine rings is 1. The first-order valence-corrected chi connectivity index (χ1v) is 5.62. The predicted octanol–water partition coefficient (Wildman–Crippen LogP) is 0.134. The van der Waals surface area contributed by atoms with Crippen LogP contribution in [0.2, 0.25) is 0 Å². The van der Waals surface area contributed by atoms with Crippen molar-refractivity contribution in [3.05, 3.63) is 29.6 Å². The van der Waals surface area contributed by atoms with Crippen molar-refractivity contribution in [1.29, 1.82) is 0 Å². The van der Waals surface area contributed by atoms with Crippen LogP contribution in [0.3, 0.4) is 0 Å². The normalized spacial score (nSPS) is 31.5. The summed E-state index contributed by atoms with van der Waals surface area (Å²) in [4.78, 5) is 27.7. The first kappa shape index (κ1) is 10.4. The fourth-order valence-corrected chi connectivity index (χ4v) is 2.88. The van der Waals surface area contributed by atoms with Crippen LogP contribution in [0.5, 0.6) is 0 Å². The highest BCUT2D eigenvalue weighted by Crippen LogP contribution is 2.44. The van der Waals surface area contributed by atoms with Gasteiger partial charge in [0.25, 0.3) is 5.91 Å². The van der Waals surface area contributed by atoms with Crippen LogP contribution in [0.4, 0.5) is 0 Å². The van der Waals surface area contributed by atoms with E-state index in [1.54, 1.807) is 12.3 Å². The van der Waals surface area contributed by atoms with Crippen molar-refractivity contribution in [2.24, 2.45) is 0 Å². The summed E-state index contributed by atoms with van der Waals surface area (Å²) >= 11 is 0. The van der Waals surface area contributed by atoms with Gasteiger partial charge >= 0.3 is 0 Å². The van der Waals surface area contributed by atoms with Gasteiger partial charge in [0.15, 0.2) is 0 Å². The molecule has 2 atom stereocenters. The quantitative estimate of drug-likeness (QED) is 0.623. The maximum Gasteiger partial charge on any atom is 0.259 e. The summed E-state index contributed by atoms with van der Waals surface area (Å²) in [7, 11) is 0. The molecule has 5 nitrogen and oxygen atoms in total. The third-order valence-electron chi connectivity index (χ3n) is 3.73. The van der Waals surface area contributed by atoms with Gasteiger partial charge in [-0.15, -0.1) is 0 Å². The number of carbonyl (C=O) groups is 2. The van der Waals surface area contributed by atoms with Crippen molar-refractivity contribution in [3.8, 4) is 0 Å². The SMILES string of the molecule is O=C1NC(=O)[C@@]2(CC[C@@H](O)C2)c2ccncc21. The zero-order chi connectivity index (χ0) is 12.0. The van der Waals surface area contributed by atoms with Crippen LogP contribution >= 0.6 is 0 Å². The van der Waals surface area contributed by atoms with Crippen molar-refractivity contribution in [2.75, 3.05) is 0 Å². The highest BCUT2D eigenvalue weighted by atomic mass is 16.3. The van der Waals surface area contributed by atoms with Gasteiger partial charge in [0.2, 0.25) is 5.91 Å². The topological polar surface area (TPSA) is 79.3 Å². The van der Waals surface area contributed by atoms with Gasteiger partial charge in [-0.05, 0) is 30.9 Å². The Bertz CT molecular complexity index is 514. The molecule has 1 spiro atoms. The lowest BCUT2D eigenvalue weighted by Gasteiger charge is -2.33. The predicted molar refractivity (Wildman–Crippen MR) is 58.2 cm³/mol. The van der Waals surface area contributed by atoms with Gasteiger partial charge in [-0.3, -0.25) is 19.9 Å². The molecule has 1 aliphatic heterocycles. The van der Waals surface area contributed by atoms with Crippen molar-refractivity contribution >= 4 is 11.8 Å². The molecule has 1 aliphatic carbocycles. The Hall–Kier alpha value is -1.75. The summed E-state index contributed by atoms with van der Waals surface area (Å²) in [5.41, 5.74) is 0.407. The monoisotopic (exact) mass is 232 g/mol. The number of imide groups is 1. The average Bonchev–Trinajstić information content (AvgIpc) is 2.71. The molecular formula is C12H12N2O3. The van der Waals surface area contributed by atoms with Crippen LogP contribution in [0, 0.1) is 0 Å². The van der Waals surface area contributed by atoms with Crippen LogP contribution < -0.4 is 5.32 Å². The molecule has 1 aromatic rings. The number of amides is 2. The lowest BCUT2D eigenvalue weighted by atomic mass is 9.74. The van der Waals surface area contributed by atoms with Gasteiger partial charge in [-0.1, -0.05) is 0 Å². The third kappa shape index (κ3) is 1.32. The van der Waals surface area contributed by atoms with Crippen molar-refractivity contribution in [3.63, 3.8) is 0 Å². The Labute approximate surface area is 97.9 Å². The van der Waals surface area contributed by atoms with E-state index in [1.165, 1.54) is 6.20 Å². The zero-order valence-corrected chi connectivity index (χ0v) is 9.14. The minimum atomic E-state index is -0.744. The van der Waals surface area contributed by atoms with E-state index in [-0.39, 0.29) is 5.91 Å². The van der Waals surface area contributed by atoms with Crippen LogP contribution in [0.1, 0.15) is 35.2 Å². The molecule has 2 aliphatic rings. The van der Waals surface area contributed by atoms with Crippen molar-refractivity contribution in [1.82, 2.24) is 10.3 Å². The van der Waals surface area contributed by atoms with Crippen molar-refractivity contribution < 1.29 is 14.7 Å². The van der Waals surface area contributed by atoms with Crippen LogP contribution in [-0.2, 0) is 10.2 Å². The number of hydrogen-bond acceptors (Lipinski definition) is 4. The Morgan fingerprint density at radius 1 is 1.47 bits per heavy atom. The van der Waals surface area contributed by atoms with Gasteiger partial charge in [-0.2, -0.15) is 0 Å². The molecule has 2 amide bonds. The van der Waals surface area contributed by atoms with Crippen LogP contribution in [0.25, 0.3) is 0 Å². The Morgan fingerprint density at radius 3 is 3.00 bits per heavy atom. The van der Waals surface area contributed by atoms with E-state index in [0.717, 1.165) is 0 Å². The Morgan fingerprint density at radius 2 is 2.29 bits per heavy atom. The average molecular weight is 232 g/mol. The molecule has 2 N–H and O–H groups in total. The zero-order valence-electron chi connectivity index (χ0n) is 9.14. The third-order valence-corrected chi connectivity index (χ3v) is 3.73. The first-order chi connectivity index (χ1) is 8.13. The number of rotatable bonds is 0. The molecule has 5 heteroatoms. The number of fused-ring (bicyclic) bond motifs is 2. The fourth-order valence-electron chi connectivity index (χ4n) is 2.88. The van der Waals surface area contributed by atoms with Gasteiger partial charge in [-0.25, -0.2) is 0 Å². The highest BCUT2D eigenvalue weighted by molar-refractivity contribution is 6.13. The van der Waals surface area contributed by atoms with E-state index in [1.807, 2.05) is 0 Å². The molecule has 0 bridgehead atoms. The fraction of sp³-hybridized carbons (Fsp3) is 0.417. The smallest absolute Gasteiger partial charge is 0.259 e. The lowest BCUT2D eigenvalue weighted by molar-refractivity contribution is -0.126. The van der Waals surface area contributed by atoms with Crippen LogP contribution in [0.15, 0.2) is 18.5 Å². The molecular weight excluding hydrogens is 220 g/mol. The number of nitrogens with zero attached hydrogens (tertiary/aromatic N) is 1. The second-order valence-electron chi connectivity index (χ2n) is 4.68. The minimum absolute atomic E-state index is 0.294. The van der Waals surface area contributed by atoms with Crippen molar-refractivity contribution in [2.45, 2.75) is 30.8 Å². The highest BCUT2D eigenvalue weighted by Gasteiger charge is 2.50. The van der Waals surface area contributed by atoms with Crippen LogP contribution in [-0.4, -0.2) is 28.0 Å². The Balaban J connectivity index is 2.19.